The van der Waals surface area contributed by atoms with Crippen molar-refractivity contribution in [3.8, 4) is 11.5 Å². The maximum absolute atomic E-state index is 12.9. The second-order valence-corrected chi connectivity index (χ2v) is 8.22. The molecule has 1 saturated heterocycles. The van der Waals surface area contributed by atoms with Crippen LogP contribution in [-0.4, -0.2) is 73.6 Å². The summed E-state index contributed by atoms with van der Waals surface area (Å²) in [4.78, 5) is 31.7. The molecule has 5 rings (SSSR count). The zero-order valence-corrected chi connectivity index (χ0v) is 17.5. The summed E-state index contributed by atoms with van der Waals surface area (Å²) in [5.41, 5.74) is 2.49. The summed E-state index contributed by atoms with van der Waals surface area (Å²) in [5.74, 6) is 1.31. The van der Waals surface area contributed by atoms with Crippen molar-refractivity contribution < 1.29 is 19.1 Å². The number of piperazine rings is 1. The Morgan fingerprint density at radius 2 is 1.58 bits per heavy atom. The number of benzene rings is 2. The highest BCUT2D eigenvalue weighted by molar-refractivity contribution is 5.84. The standard InChI is InChI=1S/C24H27N3O4/c28-23(16-27-11-5-7-18-6-1-2-8-19(18)27)25-12-14-26(15-13-25)24(29)22-17-30-20-9-3-4-10-21(20)31-22/h1-4,6,8-10,22H,5,7,11-17H2/t22-/m0/s1. The summed E-state index contributed by atoms with van der Waals surface area (Å²) in [6, 6.07) is 15.7. The Morgan fingerprint density at radius 3 is 2.42 bits per heavy atom. The van der Waals surface area contributed by atoms with Crippen LogP contribution in [0.1, 0.15) is 12.0 Å². The molecular weight excluding hydrogens is 394 g/mol. The van der Waals surface area contributed by atoms with E-state index in [1.165, 1.54) is 11.3 Å². The van der Waals surface area contributed by atoms with Crippen LogP contribution in [0.4, 0.5) is 5.69 Å². The quantitative estimate of drug-likeness (QED) is 0.758. The molecule has 3 aliphatic heterocycles. The van der Waals surface area contributed by atoms with Crippen LogP contribution in [0.5, 0.6) is 11.5 Å². The number of ether oxygens (including phenoxy) is 2. The van der Waals surface area contributed by atoms with Crippen LogP contribution in [0.15, 0.2) is 48.5 Å². The minimum atomic E-state index is -0.637. The zero-order valence-electron chi connectivity index (χ0n) is 17.5. The van der Waals surface area contributed by atoms with E-state index in [4.69, 9.17) is 9.47 Å². The highest BCUT2D eigenvalue weighted by Crippen LogP contribution is 2.31. The Bertz CT molecular complexity index is 971. The van der Waals surface area contributed by atoms with E-state index < -0.39 is 6.10 Å². The smallest absolute Gasteiger partial charge is 0.267 e. The molecule has 7 nitrogen and oxygen atoms in total. The lowest BCUT2D eigenvalue weighted by Gasteiger charge is -2.38. The van der Waals surface area contributed by atoms with Crippen LogP contribution >= 0.6 is 0 Å². The number of carbonyl (C=O) groups is 2. The number of carbonyl (C=O) groups excluding carboxylic acids is 2. The van der Waals surface area contributed by atoms with Gasteiger partial charge in [0, 0.05) is 38.4 Å². The number of para-hydroxylation sites is 3. The molecule has 0 aromatic heterocycles. The monoisotopic (exact) mass is 421 g/mol. The number of nitrogens with zero attached hydrogens (tertiary/aromatic N) is 3. The van der Waals surface area contributed by atoms with E-state index in [1.807, 2.05) is 35.2 Å². The zero-order chi connectivity index (χ0) is 21.2. The first-order valence-corrected chi connectivity index (χ1v) is 11.0. The highest BCUT2D eigenvalue weighted by atomic mass is 16.6. The predicted molar refractivity (Wildman–Crippen MR) is 116 cm³/mol. The molecular formula is C24H27N3O4. The van der Waals surface area contributed by atoms with E-state index in [-0.39, 0.29) is 18.4 Å². The van der Waals surface area contributed by atoms with Crippen molar-refractivity contribution in [3.63, 3.8) is 0 Å². The lowest BCUT2D eigenvalue weighted by atomic mass is 10.0. The third kappa shape index (κ3) is 4.04. The molecule has 1 atom stereocenters. The third-order valence-corrected chi connectivity index (χ3v) is 6.26. The molecule has 0 bridgehead atoms. The van der Waals surface area contributed by atoms with Crippen molar-refractivity contribution >= 4 is 17.5 Å². The van der Waals surface area contributed by atoms with E-state index >= 15 is 0 Å². The number of hydrogen-bond acceptors (Lipinski definition) is 5. The summed E-state index contributed by atoms with van der Waals surface area (Å²) >= 11 is 0. The molecule has 3 heterocycles. The Kier molecular flexibility index (Phi) is 5.40. The van der Waals surface area contributed by atoms with Gasteiger partial charge in [0.25, 0.3) is 5.91 Å². The average molecular weight is 421 g/mol. The van der Waals surface area contributed by atoms with Gasteiger partial charge >= 0.3 is 0 Å². The summed E-state index contributed by atoms with van der Waals surface area (Å²) < 4.78 is 11.5. The second kappa shape index (κ2) is 8.49. The Labute approximate surface area is 182 Å². The number of fused-ring (bicyclic) bond motifs is 2. The largest absolute Gasteiger partial charge is 0.485 e. The molecule has 0 radical (unpaired) electrons. The van der Waals surface area contributed by atoms with Gasteiger partial charge in [-0.15, -0.1) is 0 Å². The van der Waals surface area contributed by atoms with Gasteiger partial charge in [0.2, 0.25) is 12.0 Å². The molecule has 0 spiro atoms. The van der Waals surface area contributed by atoms with E-state index in [2.05, 4.69) is 23.1 Å². The van der Waals surface area contributed by atoms with E-state index in [1.54, 1.807) is 4.90 Å². The molecule has 2 aromatic carbocycles. The summed E-state index contributed by atoms with van der Waals surface area (Å²) in [6.07, 6.45) is 1.50. The number of rotatable bonds is 3. The number of aryl methyl sites for hydroxylation is 1. The van der Waals surface area contributed by atoms with Crippen LogP contribution in [0, 0.1) is 0 Å². The van der Waals surface area contributed by atoms with Crippen LogP contribution in [0.25, 0.3) is 0 Å². The fourth-order valence-corrected chi connectivity index (χ4v) is 4.56. The van der Waals surface area contributed by atoms with Gasteiger partial charge in [-0.2, -0.15) is 0 Å². The molecule has 0 unspecified atom stereocenters. The average Bonchev–Trinajstić information content (AvgIpc) is 2.83. The van der Waals surface area contributed by atoms with Crippen LogP contribution < -0.4 is 14.4 Å². The maximum atomic E-state index is 12.9. The Morgan fingerprint density at radius 1 is 0.871 bits per heavy atom. The van der Waals surface area contributed by atoms with Crippen molar-refractivity contribution in [3.05, 3.63) is 54.1 Å². The van der Waals surface area contributed by atoms with E-state index in [0.717, 1.165) is 19.4 Å². The van der Waals surface area contributed by atoms with Crippen molar-refractivity contribution in [2.45, 2.75) is 18.9 Å². The van der Waals surface area contributed by atoms with Gasteiger partial charge in [0.05, 0.1) is 6.54 Å². The number of anilines is 1. The van der Waals surface area contributed by atoms with Gasteiger partial charge in [0.15, 0.2) is 11.5 Å². The van der Waals surface area contributed by atoms with Crippen molar-refractivity contribution in [2.24, 2.45) is 0 Å². The van der Waals surface area contributed by atoms with Gasteiger partial charge < -0.3 is 24.2 Å². The summed E-state index contributed by atoms with van der Waals surface area (Å²) in [5, 5.41) is 0. The summed E-state index contributed by atoms with van der Waals surface area (Å²) in [7, 11) is 0. The predicted octanol–water partition coefficient (Wildman–Crippen LogP) is 1.95. The van der Waals surface area contributed by atoms with Gasteiger partial charge in [-0.05, 0) is 36.6 Å². The van der Waals surface area contributed by atoms with Gasteiger partial charge in [-0.1, -0.05) is 30.3 Å². The Hall–Kier alpha value is -3.22. The lowest BCUT2D eigenvalue weighted by molar-refractivity contribution is -0.145. The van der Waals surface area contributed by atoms with Crippen molar-refractivity contribution in [1.82, 2.24) is 9.80 Å². The second-order valence-electron chi connectivity index (χ2n) is 8.22. The molecule has 0 aliphatic carbocycles. The first-order chi connectivity index (χ1) is 15.2. The summed E-state index contributed by atoms with van der Waals surface area (Å²) in [6.45, 7) is 3.63. The number of amides is 2. The maximum Gasteiger partial charge on any atom is 0.267 e. The minimum Gasteiger partial charge on any atom is -0.485 e. The van der Waals surface area contributed by atoms with Gasteiger partial charge in [-0.25, -0.2) is 0 Å². The third-order valence-electron chi connectivity index (χ3n) is 6.26. The first kappa shape index (κ1) is 19.7. The van der Waals surface area contributed by atoms with Gasteiger partial charge in [-0.3, -0.25) is 9.59 Å². The highest BCUT2D eigenvalue weighted by Gasteiger charge is 2.33. The number of hydrogen-bond donors (Lipinski definition) is 0. The molecule has 162 valence electrons. The Balaban J connectivity index is 1.15. The molecule has 2 amide bonds. The van der Waals surface area contributed by atoms with E-state index in [0.29, 0.717) is 44.2 Å². The lowest BCUT2D eigenvalue weighted by Crippen LogP contribution is -2.56. The normalized spacial score (nSPS) is 20.3. The molecule has 7 heteroatoms. The van der Waals surface area contributed by atoms with Crippen LogP contribution in [-0.2, 0) is 16.0 Å². The van der Waals surface area contributed by atoms with Crippen molar-refractivity contribution in [1.29, 1.82) is 0 Å². The van der Waals surface area contributed by atoms with Crippen LogP contribution in [0.3, 0.4) is 0 Å². The molecule has 3 aliphatic rings. The molecule has 31 heavy (non-hydrogen) atoms. The minimum absolute atomic E-state index is 0.0773. The van der Waals surface area contributed by atoms with Crippen molar-refractivity contribution in [2.75, 3.05) is 50.8 Å². The SMILES string of the molecule is O=C(CN1CCCc2ccccc21)N1CCN(C(=O)[C@@H]2COc3ccccc3O2)CC1. The molecule has 0 N–H and O–H groups in total. The molecule has 0 saturated carbocycles. The molecule has 2 aromatic rings. The fourth-order valence-electron chi connectivity index (χ4n) is 4.56. The fraction of sp³-hybridized carbons (Fsp3) is 0.417. The topological polar surface area (TPSA) is 62.3 Å². The van der Waals surface area contributed by atoms with E-state index in [9.17, 15) is 9.59 Å². The molecule has 1 fully saturated rings. The van der Waals surface area contributed by atoms with Gasteiger partial charge in [0.1, 0.15) is 6.61 Å². The first-order valence-electron chi connectivity index (χ1n) is 11.0. The van der Waals surface area contributed by atoms with Crippen LogP contribution in [0.2, 0.25) is 0 Å².